The summed E-state index contributed by atoms with van der Waals surface area (Å²) in [6.45, 7) is 3.92. The number of hydroxylamine groups is 1. The highest BCUT2D eigenvalue weighted by Crippen LogP contribution is 2.36. The molecule has 13 rings (SSSR count). The quantitative estimate of drug-likeness (QED) is 0.0100. The predicted octanol–water partition coefficient (Wildman–Crippen LogP) is 23.7. The number of carbonyl (C=O) groups is 6. The first-order valence-corrected chi connectivity index (χ1v) is 45.1. The van der Waals surface area contributed by atoms with E-state index in [1.165, 1.54) is 62.8 Å². The van der Waals surface area contributed by atoms with Crippen molar-refractivity contribution in [1.29, 1.82) is 0 Å². The maximum absolute atomic E-state index is 13.8. The maximum Gasteiger partial charge on any atom is 0.643 e. The van der Waals surface area contributed by atoms with Crippen molar-refractivity contribution in [2.24, 2.45) is 0 Å². The largest absolute Gasteiger partial charge is 0.643 e. The Morgan fingerprint density at radius 2 is 0.897 bits per heavy atom. The van der Waals surface area contributed by atoms with Gasteiger partial charge in [0.15, 0.2) is 0 Å². The zero-order valence-corrected chi connectivity index (χ0v) is 73.7. The third-order valence-electron chi connectivity index (χ3n) is 16.8. The minimum atomic E-state index is -1.72. The van der Waals surface area contributed by atoms with Crippen molar-refractivity contribution in [2.45, 2.75) is 89.0 Å². The lowest BCUT2D eigenvalue weighted by atomic mass is 10.0. The molecule has 0 saturated carbocycles. The van der Waals surface area contributed by atoms with Crippen LogP contribution in [0.1, 0.15) is 114 Å². The van der Waals surface area contributed by atoms with Gasteiger partial charge in [0.2, 0.25) is 11.1 Å². The number of benzene rings is 9. The van der Waals surface area contributed by atoms with Crippen molar-refractivity contribution in [3.05, 3.63) is 284 Å². The number of amides is 2. The second-order valence-corrected chi connectivity index (χ2v) is 35.6. The van der Waals surface area contributed by atoms with Gasteiger partial charge in [0.25, 0.3) is 5.91 Å². The Bertz CT molecular complexity index is 4610. The number of halogens is 19. The molecule has 0 aromatic heterocycles. The molecule has 9 aromatic carbocycles. The number of nitrogen functional groups attached to an aromatic ring is 1. The molecule has 4 heterocycles. The molecule has 9 aromatic rings. The molecule has 2 amide bonds. The fourth-order valence-electron chi connectivity index (χ4n) is 11.1. The van der Waals surface area contributed by atoms with E-state index in [2.05, 4.69) is 41.1 Å². The number of nitrogens with two attached hydrogens (primary N) is 1. The molecule has 0 spiro atoms. The van der Waals surface area contributed by atoms with Crippen LogP contribution in [0.5, 0.6) is 0 Å². The fourth-order valence-corrected chi connectivity index (χ4v) is 13.0. The van der Waals surface area contributed by atoms with E-state index in [1.807, 2.05) is 36.4 Å². The van der Waals surface area contributed by atoms with Crippen LogP contribution in [0.2, 0.25) is 30.1 Å². The summed E-state index contributed by atoms with van der Waals surface area (Å²) in [5, 5.41) is 15.6. The van der Waals surface area contributed by atoms with Crippen LogP contribution in [0.25, 0.3) is 0 Å². The lowest BCUT2D eigenvalue weighted by molar-refractivity contribution is -0.118. The Labute approximate surface area is 738 Å². The summed E-state index contributed by atoms with van der Waals surface area (Å²) < 4.78 is 88.0. The third-order valence-corrected chi connectivity index (χ3v) is 19.7. The molecule has 6 N–H and O–H groups in total. The van der Waals surface area contributed by atoms with Crippen LogP contribution in [-0.4, -0.2) is 97.0 Å². The van der Waals surface area contributed by atoms with Crippen LogP contribution >= 0.6 is 150 Å². The standard InChI is InChI=1S/C18H17ClFNO2.C17H16ClFN2O2.C10H9Cl2FO.C9H9BrO2.C9H7ClFNO.C9H9ClFN.C6H5ClFN.C3H4Cl2O.Al.3ClH/c1-23-18(22)13-6-4-12(5-7-13)11-21-8-2-3-14-9-15(19)16(20)10-17(14)21;18-14-8-13-2-1-7-21(16(13)9-15(14)19)10-11-3-5-12(6-4-11)17(22)20-23;11-4-3-8(14)5-7-1-2-9(12)10(13)6-7;1-12-9(11)8-4-2-7(6-10)3-5-8;10-6-3-5-1-2-9(13)12-8(5)4-7(6)11;10-7-4-6-2-1-3-12-9(6)5-8(7)11;7-5-2-1-4(9)3-6(5)8;4-2-1-3(5)6;;;;/h4-7,9-10H,2-3,8,11H2,1H3;3-6,8-9,23H,1-2,7,10H2,(H,20,22);1-2,6H,3-5H2;2-5H,6H2,1H3;3-4H,1-2H2,(H,12,13);4-5,12H,1-3H2;1-3H,9H2;1-2H2;;3*1H/q;;;;;;;;+3;;;/p-3. The van der Waals surface area contributed by atoms with Gasteiger partial charge in [0, 0.05) is 109 Å². The Morgan fingerprint density at radius 1 is 0.500 bits per heavy atom. The summed E-state index contributed by atoms with van der Waals surface area (Å²) in [5.41, 5.74) is 19.9. The Morgan fingerprint density at radius 3 is 1.31 bits per heavy atom. The van der Waals surface area contributed by atoms with E-state index < -0.39 is 46.4 Å². The molecule has 0 atom stereocenters. The first-order valence-electron chi connectivity index (χ1n) is 35.0. The van der Waals surface area contributed by atoms with Crippen LogP contribution in [0.3, 0.4) is 0 Å². The van der Waals surface area contributed by atoms with Crippen molar-refractivity contribution in [3.63, 3.8) is 0 Å². The molecule has 0 saturated heterocycles. The number of ketones is 1. The molecule has 15 nitrogen and oxygen atoms in total. The van der Waals surface area contributed by atoms with Crippen LogP contribution in [0.4, 0.5) is 54.8 Å². The SMILES string of the molecule is COC(=O)c1ccc(CBr)cc1.COC(=O)c1ccc(CN2CCCc3cc(Cl)c(F)cc32)cc1.Fc1cc2c(cc1Cl)CCCN2.Nc1ccc(Cl)c(F)c1.O=C(CCCl)Cc1ccc(Cl)c(F)c1.O=C(Cl)CCCl.O=C(NO)c1ccc(CN2CCCc3cc(Cl)c(F)cc32)cc1.O=C1CCc2cc(Cl)c(F)cc2N1.[Cl][Al]([Cl])[Cl]. The van der Waals surface area contributed by atoms with Gasteiger partial charge >= 0.3 is 23.3 Å². The molecule has 116 heavy (non-hydrogen) atoms. The van der Waals surface area contributed by atoms with E-state index in [9.17, 15) is 55.1 Å². The van der Waals surface area contributed by atoms with E-state index in [1.54, 1.807) is 78.3 Å². The van der Waals surface area contributed by atoms with Gasteiger partial charge in [-0.05, 0) is 216 Å². The first kappa shape index (κ1) is 100.0. The highest BCUT2D eigenvalue weighted by atomic mass is 79.9. The zero-order chi connectivity index (χ0) is 85.7. The summed E-state index contributed by atoms with van der Waals surface area (Å²) >= 11 is 50.8. The number of aryl methyl sites for hydroxylation is 4. The average molecular weight is 1920 g/mol. The molecule has 35 heteroatoms. The van der Waals surface area contributed by atoms with Gasteiger partial charge in [-0.3, -0.25) is 24.4 Å². The van der Waals surface area contributed by atoms with Crippen molar-refractivity contribution < 1.29 is 69.8 Å². The topological polar surface area (TPSA) is 210 Å². The van der Waals surface area contributed by atoms with Gasteiger partial charge in [-0.15, -0.1) is 23.2 Å². The number of methoxy groups -OCH3 is 2. The molecule has 620 valence electrons. The lowest BCUT2D eigenvalue weighted by Gasteiger charge is -2.31. The van der Waals surface area contributed by atoms with E-state index in [4.69, 9.17) is 150 Å². The van der Waals surface area contributed by atoms with Crippen LogP contribution in [0, 0.1) is 34.9 Å². The predicted molar refractivity (Wildman–Crippen MR) is 463 cm³/mol. The number of fused-ring (bicyclic) bond motifs is 4. The monoisotopic (exact) mass is 1920 g/mol. The molecule has 0 fully saturated rings. The molecule has 0 unspecified atom stereocenters. The normalized spacial score (nSPS) is 12.3. The molecular formula is C81H76AlBrCl12F6N6O9. The van der Waals surface area contributed by atoms with Crippen LogP contribution in [0.15, 0.2) is 158 Å². The van der Waals surface area contributed by atoms with E-state index in [-0.39, 0.29) is 77.7 Å². The Balaban J connectivity index is 0.000000242. The average Bonchev–Trinajstić information content (AvgIpc) is 0.805. The molecule has 0 bridgehead atoms. The summed E-state index contributed by atoms with van der Waals surface area (Å²) in [6, 6.07) is 42.4. The van der Waals surface area contributed by atoms with Gasteiger partial charge in [-0.25, -0.2) is 71.6 Å². The first-order chi connectivity index (χ1) is 55.2. The van der Waals surface area contributed by atoms with Gasteiger partial charge in [-0.1, -0.05) is 128 Å². The summed E-state index contributed by atoms with van der Waals surface area (Å²) in [5.74, 6) is -3.25. The van der Waals surface area contributed by atoms with Crippen molar-refractivity contribution >= 4 is 225 Å². The zero-order valence-electron chi connectivity index (χ0n) is 61.9. The Kier molecular flexibility index (Phi) is 45.2. The number of hydrogen-bond donors (Lipinski definition) is 5. The van der Waals surface area contributed by atoms with Gasteiger partial charge in [0.1, 0.15) is 40.7 Å². The molecule has 4 aliphatic heterocycles. The molecule has 4 aliphatic rings. The molecule has 0 radical (unpaired) electrons. The highest BCUT2D eigenvalue weighted by Gasteiger charge is 2.23. The van der Waals surface area contributed by atoms with Gasteiger partial charge < -0.3 is 35.6 Å². The number of nitrogens with zero attached hydrogens (tertiary/aromatic N) is 2. The second-order valence-electron chi connectivity index (χ2n) is 25.0. The molecule has 0 aliphatic carbocycles. The fraction of sp³-hybridized carbons (Fsp3) is 0.259. The van der Waals surface area contributed by atoms with Crippen LogP contribution in [-0.2, 0) is 74.4 Å². The second kappa shape index (κ2) is 52.5. The number of alkyl halides is 3. The van der Waals surface area contributed by atoms with E-state index in [0.717, 1.165) is 119 Å². The summed E-state index contributed by atoms with van der Waals surface area (Å²) in [4.78, 5) is 69.9. The van der Waals surface area contributed by atoms with E-state index in [0.29, 0.717) is 77.7 Å². The number of ether oxygens (including phenoxy) is 2. The minimum Gasteiger partial charge on any atom is -0.465 e. The minimum absolute atomic E-state index is 0.00159. The number of anilines is 5. The van der Waals surface area contributed by atoms with Gasteiger partial charge in [-0.2, -0.15) is 0 Å². The number of carbonyl (C=O) groups excluding carboxylic acids is 6. The number of Topliss-reactive ketones (excluding diaryl/α,β-unsaturated/α-hetero) is 1. The Hall–Kier alpha value is -6.57. The third kappa shape index (κ3) is 34.6. The van der Waals surface area contributed by atoms with Crippen molar-refractivity contribution in [1.82, 2.24) is 5.48 Å². The molecular weight excluding hydrogens is 1850 g/mol. The maximum atomic E-state index is 13.8. The smallest absolute Gasteiger partial charge is 0.465 e. The number of hydrogen-bond acceptors (Lipinski definition) is 13. The van der Waals surface area contributed by atoms with Crippen molar-refractivity contribution in [2.75, 3.05) is 71.8 Å². The number of esters is 2. The van der Waals surface area contributed by atoms with Crippen LogP contribution < -0.4 is 31.6 Å². The lowest BCUT2D eigenvalue weighted by Crippen LogP contribution is -2.29. The number of nitrogens with one attached hydrogen (secondary N) is 3. The van der Waals surface area contributed by atoms with Gasteiger partial charge in [0.05, 0.1) is 55.5 Å². The summed E-state index contributed by atoms with van der Waals surface area (Å²) in [6.07, 6.45) is 7.73. The highest BCUT2D eigenvalue weighted by molar-refractivity contribution is 9.08. The van der Waals surface area contributed by atoms with E-state index >= 15 is 0 Å². The van der Waals surface area contributed by atoms with Crippen molar-refractivity contribution in [3.8, 4) is 0 Å². The summed E-state index contributed by atoms with van der Waals surface area (Å²) in [7, 11) is 17.6. The number of rotatable bonds is 14.